The Morgan fingerprint density at radius 3 is 1.47 bits per heavy atom. The van der Waals surface area contributed by atoms with Gasteiger partial charge in [0, 0.05) is 41.2 Å². The van der Waals surface area contributed by atoms with Crippen molar-refractivity contribution in [3.63, 3.8) is 0 Å². The molecule has 0 aliphatic carbocycles. The van der Waals surface area contributed by atoms with Gasteiger partial charge in [-0.15, -0.1) is 34.0 Å². The summed E-state index contributed by atoms with van der Waals surface area (Å²) in [5.41, 5.74) is -0.791. The first-order chi connectivity index (χ1) is 16.4. The van der Waals surface area contributed by atoms with Crippen molar-refractivity contribution in [3.05, 3.63) is 53.5 Å². The minimum Gasteiger partial charge on any atom is -0.507 e. The van der Waals surface area contributed by atoms with Gasteiger partial charge in [-0.1, -0.05) is 83.1 Å². The molecule has 1 unspecified atom stereocenters. The van der Waals surface area contributed by atoms with Crippen LogP contribution in [0.3, 0.4) is 0 Å². The van der Waals surface area contributed by atoms with E-state index in [0.717, 1.165) is 16.2 Å². The fourth-order valence-corrected chi connectivity index (χ4v) is 9.22. The van der Waals surface area contributed by atoms with Gasteiger partial charge in [-0.05, 0) is 42.5 Å². The molecule has 0 aromatic carbocycles. The zero-order chi connectivity index (χ0) is 27.4. The summed E-state index contributed by atoms with van der Waals surface area (Å²) in [6, 6.07) is 8.52. The Morgan fingerprint density at radius 1 is 0.639 bits per heavy atom. The number of hydrogen-bond acceptors (Lipinski definition) is 5. The second-order valence-corrected chi connectivity index (χ2v) is 16.0. The van der Waals surface area contributed by atoms with Gasteiger partial charge < -0.3 is 10.2 Å². The molecule has 0 spiro atoms. The number of hydrogen-bond donors (Lipinski definition) is 2. The third kappa shape index (κ3) is 4.58. The van der Waals surface area contributed by atoms with Gasteiger partial charge in [-0.3, -0.25) is 0 Å². The van der Waals surface area contributed by atoms with E-state index < -0.39 is 0 Å². The average Bonchev–Trinajstić information content (AvgIpc) is 3.51. The molecule has 0 saturated heterocycles. The van der Waals surface area contributed by atoms with Crippen LogP contribution in [0.1, 0.15) is 131 Å². The third-order valence-electron chi connectivity index (χ3n) is 9.16. The molecule has 3 aromatic heterocycles. The summed E-state index contributed by atoms with van der Waals surface area (Å²) >= 11 is 5.41. The molecule has 3 rings (SSSR count). The average molecular weight is 547 g/mol. The second kappa shape index (κ2) is 9.78. The smallest absolute Gasteiger partial charge is 0.130 e. The minimum atomic E-state index is -0.243. The van der Waals surface area contributed by atoms with Crippen LogP contribution in [0.15, 0.2) is 24.3 Å². The molecule has 0 radical (unpaired) electrons. The van der Waals surface area contributed by atoms with Crippen molar-refractivity contribution in [2.75, 3.05) is 0 Å². The maximum Gasteiger partial charge on any atom is 0.130 e. The molecule has 3 heterocycles. The number of rotatable bonds is 9. The van der Waals surface area contributed by atoms with Crippen molar-refractivity contribution in [2.45, 2.75) is 123 Å². The minimum absolute atomic E-state index is 0.169. The molecule has 0 bridgehead atoms. The van der Waals surface area contributed by atoms with Crippen molar-refractivity contribution < 1.29 is 10.2 Å². The van der Waals surface area contributed by atoms with Gasteiger partial charge in [0.25, 0.3) is 0 Å². The molecule has 2 nitrogen and oxygen atoms in total. The van der Waals surface area contributed by atoms with Gasteiger partial charge in [-0.25, -0.2) is 0 Å². The highest BCUT2D eigenvalue weighted by atomic mass is 32.1. The van der Waals surface area contributed by atoms with Gasteiger partial charge in [0.05, 0.1) is 9.75 Å². The first-order valence-corrected chi connectivity index (χ1v) is 15.6. The predicted molar refractivity (Wildman–Crippen MR) is 161 cm³/mol. The Balaban J connectivity index is 2.05. The number of thiophene rings is 3. The highest BCUT2D eigenvalue weighted by Crippen LogP contribution is 2.56. The topological polar surface area (TPSA) is 40.5 Å². The van der Waals surface area contributed by atoms with Crippen LogP contribution in [-0.4, -0.2) is 10.2 Å². The highest BCUT2D eigenvalue weighted by Gasteiger charge is 2.48. The first kappa shape index (κ1) is 29.3. The van der Waals surface area contributed by atoms with E-state index in [1.165, 1.54) is 19.5 Å². The van der Waals surface area contributed by atoms with Crippen molar-refractivity contribution in [1.82, 2.24) is 0 Å². The van der Waals surface area contributed by atoms with Gasteiger partial charge >= 0.3 is 0 Å². The summed E-state index contributed by atoms with van der Waals surface area (Å²) < 4.78 is 0. The molecule has 0 aliphatic heterocycles. The zero-order valence-corrected chi connectivity index (χ0v) is 26.7. The fourth-order valence-electron chi connectivity index (χ4n) is 4.97. The molecule has 3 aromatic rings. The van der Waals surface area contributed by atoms with Gasteiger partial charge in [0.2, 0.25) is 0 Å². The second-order valence-electron chi connectivity index (χ2n) is 12.8. The largest absolute Gasteiger partial charge is 0.507 e. The lowest BCUT2D eigenvalue weighted by atomic mass is 9.63. The maximum absolute atomic E-state index is 11.0. The molecule has 0 saturated carbocycles. The lowest BCUT2D eigenvalue weighted by molar-refractivity contribution is 0.268. The van der Waals surface area contributed by atoms with Gasteiger partial charge in [0.1, 0.15) is 11.5 Å². The van der Waals surface area contributed by atoms with Crippen LogP contribution in [0.2, 0.25) is 0 Å². The Kier molecular flexibility index (Phi) is 7.95. The van der Waals surface area contributed by atoms with E-state index in [1.54, 1.807) is 22.7 Å². The van der Waals surface area contributed by atoms with E-state index in [4.69, 9.17) is 0 Å². The van der Waals surface area contributed by atoms with Crippen molar-refractivity contribution in [1.29, 1.82) is 0 Å². The zero-order valence-electron chi connectivity index (χ0n) is 24.3. The molecular weight excluding hydrogens is 501 g/mol. The molecular formula is C31H46O2S3. The highest BCUT2D eigenvalue weighted by molar-refractivity contribution is 7.13. The Morgan fingerprint density at radius 2 is 1.06 bits per heavy atom. The van der Waals surface area contributed by atoms with E-state index in [1.807, 2.05) is 23.5 Å². The first-order valence-electron chi connectivity index (χ1n) is 13.2. The molecule has 36 heavy (non-hydrogen) atoms. The lowest BCUT2D eigenvalue weighted by Gasteiger charge is -2.44. The van der Waals surface area contributed by atoms with Crippen LogP contribution in [0.4, 0.5) is 0 Å². The summed E-state index contributed by atoms with van der Waals surface area (Å²) in [6.45, 7) is 27.1. The summed E-state index contributed by atoms with van der Waals surface area (Å²) in [6.07, 6.45) is 0.939. The SMILES string of the molecule is CCC(C)(c1sc(C(C)C)cc1O)C(C)(C)c1ccc(C(C)(C)C(C)(C)c2sc(C(C)C)cc2O)s1. The summed E-state index contributed by atoms with van der Waals surface area (Å²) in [4.78, 5) is 7.29. The normalized spacial score (nSPS) is 15.2. The molecule has 2 N–H and O–H groups in total. The predicted octanol–water partition coefficient (Wildman–Crippen LogP) is 10.4. The van der Waals surface area contributed by atoms with Crippen molar-refractivity contribution in [2.24, 2.45) is 0 Å². The van der Waals surface area contributed by atoms with E-state index >= 15 is 0 Å². The Labute approximate surface area is 231 Å². The molecule has 0 amide bonds. The monoisotopic (exact) mass is 546 g/mol. The molecule has 200 valence electrons. The van der Waals surface area contributed by atoms with E-state index in [0.29, 0.717) is 23.3 Å². The quantitative estimate of drug-likeness (QED) is 0.280. The molecule has 5 heteroatoms. The van der Waals surface area contributed by atoms with E-state index in [9.17, 15) is 10.2 Å². The molecule has 0 fully saturated rings. The summed E-state index contributed by atoms with van der Waals surface area (Å²) in [5.74, 6) is 1.67. The van der Waals surface area contributed by atoms with Crippen molar-refractivity contribution in [3.8, 4) is 11.5 Å². The summed E-state index contributed by atoms with van der Waals surface area (Å²) in [5, 5.41) is 21.9. The fraction of sp³-hybridized carbons (Fsp3) is 0.613. The van der Waals surface area contributed by atoms with E-state index in [2.05, 4.69) is 95.2 Å². The van der Waals surface area contributed by atoms with Crippen LogP contribution in [-0.2, 0) is 21.7 Å². The third-order valence-corrected chi connectivity index (χ3v) is 14.3. The van der Waals surface area contributed by atoms with Crippen LogP contribution in [0.25, 0.3) is 0 Å². The van der Waals surface area contributed by atoms with Gasteiger partial charge in [0.15, 0.2) is 0 Å². The molecule has 1 atom stereocenters. The maximum atomic E-state index is 11.0. The Hall–Kier alpha value is -1.30. The van der Waals surface area contributed by atoms with Crippen LogP contribution in [0.5, 0.6) is 11.5 Å². The number of aromatic hydroxyl groups is 2. The molecule has 0 aliphatic rings. The van der Waals surface area contributed by atoms with Crippen LogP contribution >= 0.6 is 34.0 Å². The van der Waals surface area contributed by atoms with Gasteiger partial charge in [-0.2, -0.15) is 0 Å². The van der Waals surface area contributed by atoms with Crippen LogP contribution < -0.4 is 0 Å². The Bertz CT molecular complexity index is 1200. The van der Waals surface area contributed by atoms with Crippen LogP contribution in [0, 0.1) is 0 Å². The standard InChI is InChI=1S/C31H46O2S3/c1-13-31(12,27-21(33)17-23(35-27)19(4)5)29(8,9)25-15-14-24(36-25)28(6,7)30(10,11)26-20(32)16-22(34-26)18(2)3/h14-19,32-33H,13H2,1-12H3. The van der Waals surface area contributed by atoms with Crippen molar-refractivity contribution >= 4 is 34.0 Å². The van der Waals surface area contributed by atoms with E-state index in [-0.39, 0.29) is 21.7 Å². The lowest BCUT2D eigenvalue weighted by Crippen LogP contribution is -2.41. The summed E-state index contributed by atoms with van der Waals surface area (Å²) in [7, 11) is 0.